The van der Waals surface area contributed by atoms with Gasteiger partial charge in [0.25, 0.3) is 0 Å². The highest BCUT2D eigenvalue weighted by atomic mass is 16.1. The molecule has 1 N–H and O–H groups in total. The van der Waals surface area contributed by atoms with E-state index in [-0.39, 0.29) is 11.2 Å². The summed E-state index contributed by atoms with van der Waals surface area (Å²) in [6.45, 7) is 8.97. The number of aromatic nitrogens is 1. The monoisotopic (exact) mass is 272 g/mol. The fourth-order valence-electron chi connectivity index (χ4n) is 2.64. The number of nitrogens with zero attached hydrogens (tertiary/aromatic N) is 1. The molecule has 0 saturated heterocycles. The highest BCUT2D eigenvalue weighted by Gasteiger charge is 2.20. The molecule has 0 spiro atoms. The van der Waals surface area contributed by atoms with Gasteiger partial charge in [0, 0.05) is 29.2 Å². The first-order valence-corrected chi connectivity index (χ1v) is 7.04. The van der Waals surface area contributed by atoms with Crippen LogP contribution >= 0.6 is 0 Å². The number of hydrogen-bond donors (Lipinski definition) is 1. The van der Waals surface area contributed by atoms with E-state index in [2.05, 4.69) is 48.9 Å². The topological polar surface area (TPSA) is 34.0 Å². The Balaban J connectivity index is 2.72. The molecule has 1 heterocycles. The van der Waals surface area contributed by atoms with E-state index in [1.165, 1.54) is 5.56 Å². The van der Waals surface area contributed by atoms with E-state index >= 15 is 0 Å². The summed E-state index contributed by atoms with van der Waals surface area (Å²) in [5.41, 5.74) is 4.35. The summed E-state index contributed by atoms with van der Waals surface area (Å²) in [6.07, 6.45) is 0. The van der Waals surface area contributed by atoms with Crippen LogP contribution in [0.1, 0.15) is 42.4 Å². The molecule has 0 aliphatic heterocycles. The Bertz CT molecular complexity index is 660. The second-order valence-electron chi connectivity index (χ2n) is 6.45. The quantitative estimate of drug-likeness (QED) is 0.871. The second kappa shape index (κ2) is 5.06. The zero-order valence-electron chi connectivity index (χ0n) is 13.3. The smallest absolute Gasteiger partial charge is 0.179 e. The Labute approximate surface area is 121 Å². The maximum Gasteiger partial charge on any atom is 0.179 e. The molecule has 0 radical (unpaired) electrons. The van der Waals surface area contributed by atoms with Crippen LogP contribution in [0, 0.1) is 6.92 Å². The predicted molar refractivity (Wildman–Crippen MR) is 84.6 cm³/mol. The molecule has 0 amide bonds. The minimum Gasteiger partial charge on any atom is -0.347 e. The SMILES string of the molecule is CNCC(=O)c1c(C)n(C)c2ccc(C(C)(C)C)cc12. The van der Waals surface area contributed by atoms with Crippen molar-refractivity contribution in [3.8, 4) is 0 Å². The molecule has 2 rings (SSSR count). The number of fused-ring (bicyclic) bond motifs is 1. The number of carbonyl (C=O) groups excluding carboxylic acids is 1. The van der Waals surface area contributed by atoms with Gasteiger partial charge in [0.1, 0.15) is 0 Å². The van der Waals surface area contributed by atoms with Crippen molar-refractivity contribution in [2.75, 3.05) is 13.6 Å². The lowest BCUT2D eigenvalue weighted by molar-refractivity contribution is 0.0994. The number of Topliss-reactive ketones (excluding diaryl/α,β-unsaturated/α-hetero) is 1. The van der Waals surface area contributed by atoms with Crippen LogP contribution in [0.3, 0.4) is 0 Å². The third kappa shape index (κ3) is 2.38. The van der Waals surface area contributed by atoms with Crippen LogP contribution in [0.25, 0.3) is 10.9 Å². The summed E-state index contributed by atoms with van der Waals surface area (Å²) >= 11 is 0. The van der Waals surface area contributed by atoms with Gasteiger partial charge in [-0.2, -0.15) is 0 Å². The van der Waals surface area contributed by atoms with Crippen LogP contribution in [-0.4, -0.2) is 23.9 Å². The van der Waals surface area contributed by atoms with E-state index in [1.807, 2.05) is 14.0 Å². The van der Waals surface area contributed by atoms with Crippen LogP contribution in [0.2, 0.25) is 0 Å². The van der Waals surface area contributed by atoms with Crippen LogP contribution in [0.5, 0.6) is 0 Å². The molecule has 0 fully saturated rings. The predicted octanol–water partition coefficient (Wildman–Crippen LogP) is 3.19. The molecule has 2 aromatic rings. The number of hydrogen-bond acceptors (Lipinski definition) is 2. The molecule has 3 nitrogen and oxygen atoms in total. The maximum absolute atomic E-state index is 12.4. The van der Waals surface area contributed by atoms with Crippen molar-refractivity contribution in [1.82, 2.24) is 9.88 Å². The molecule has 0 unspecified atom stereocenters. The lowest BCUT2D eigenvalue weighted by Gasteiger charge is -2.19. The Hall–Kier alpha value is -1.61. The lowest BCUT2D eigenvalue weighted by atomic mass is 9.86. The van der Waals surface area contributed by atoms with Gasteiger partial charge in [0.15, 0.2) is 5.78 Å². The Kier molecular flexibility index (Phi) is 3.74. The fourth-order valence-corrected chi connectivity index (χ4v) is 2.64. The first-order chi connectivity index (χ1) is 9.27. The van der Waals surface area contributed by atoms with Gasteiger partial charge in [-0.1, -0.05) is 26.8 Å². The minimum atomic E-state index is 0.0846. The van der Waals surface area contributed by atoms with E-state index < -0.39 is 0 Å². The average molecular weight is 272 g/mol. The Morgan fingerprint density at radius 3 is 2.50 bits per heavy atom. The third-order valence-electron chi connectivity index (χ3n) is 3.97. The average Bonchev–Trinajstić information content (AvgIpc) is 2.61. The van der Waals surface area contributed by atoms with Crippen molar-refractivity contribution in [1.29, 1.82) is 0 Å². The number of carbonyl (C=O) groups is 1. The van der Waals surface area contributed by atoms with E-state index in [0.29, 0.717) is 6.54 Å². The van der Waals surface area contributed by atoms with E-state index in [0.717, 1.165) is 22.2 Å². The summed E-state index contributed by atoms with van der Waals surface area (Å²) in [4.78, 5) is 12.4. The first-order valence-electron chi connectivity index (χ1n) is 7.04. The molecule has 1 aromatic heterocycles. The normalized spacial score (nSPS) is 12.1. The summed E-state index contributed by atoms with van der Waals surface area (Å²) < 4.78 is 2.10. The van der Waals surface area contributed by atoms with E-state index in [9.17, 15) is 4.79 Å². The highest BCUT2D eigenvalue weighted by Crippen LogP contribution is 2.30. The molecule has 0 atom stereocenters. The van der Waals surface area contributed by atoms with Crippen molar-refractivity contribution in [2.45, 2.75) is 33.1 Å². The number of ketones is 1. The molecular weight excluding hydrogens is 248 g/mol. The van der Waals surface area contributed by atoms with Crippen molar-refractivity contribution < 1.29 is 4.79 Å². The largest absolute Gasteiger partial charge is 0.347 e. The van der Waals surface area contributed by atoms with Crippen LogP contribution in [0.4, 0.5) is 0 Å². The molecule has 3 heteroatoms. The molecule has 0 aliphatic carbocycles. The van der Waals surface area contributed by atoms with E-state index in [4.69, 9.17) is 0 Å². The Morgan fingerprint density at radius 2 is 1.95 bits per heavy atom. The molecule has 20 heavy (non-hydrogen) atoms. The van der Waals surface area contributed by atoms with Gasteiger partial charge < -0.3 is 9.88 Å². The van der Waals surface area contributed by atoms with Crippen molar-refractivity contribution >= 4 is 16.7 Å². The zero-order chi connectivity index (χ0) is 15.1. The number of likely N-dealkylation sites (N-methyl/N-ethyl adjacent to an activating group) is 1. The third-order valence-corrected chi connectivity index (χ3v) is 3.97. The Morgan fingerprint density at radius 1 is 1.30 bits per heavy atom. The number of rotatable bonds is 3. The van der Waals surface area contributed by atoms with Crippen molar-refractivity contribution in [3.05, 3.63) is 35.0 Å². The van der Waals surface area contributed by atoms with Crippen molar-refractivity contribution in [2.24, 2.45) is 7.05 Å². The number of benzene rings is 1. The summed E-state index contributed by atoms with van der Waals surface area (Å²) in [6, 6.07) is 6.46. The van der Waals surface area contributed by atoms with Gasteiger partial charge in [-0.25, -0.2) is 0 Å². The van der Waals surface area contributed by atoms with Gasteiger partial charge in [0.2, 0.25) is 0 Å². The number of nitrogens with one attached hydrogen (secondary N) is 1. The number of aryl methyl sites for hydroxylation is 1. The standard InChI is InChI=1S/C17H24N2O/c1-11-16(15(20)10-18-5)13-9-12(17(2,3)4)7-8-14(13)19(11)6/h7-9,18H,10H2,1-6H3. The summed E-state index contributed by atoms with van der Waals surface area (Å²) in [5, 5.41) is 4.02. The summed E-state index contributed by atoms with van der Waals surface area (Å²) in [5.74, 6) is 0.154. The first kappa shape index (κ1) is 14.8. The molecule has 0 saturated carbocycles. The zero-order valence-corrected chi connectivity index (χ0v) is 13.3. The lowest BCUT2D eigenvalue weighted by Crippen LogP contribution is -2.19. The van der Waals surface area contributed by atoms with Gasteiger partial charge in [-0.15, -0.1) is 0 Å². The molecule has 1 aromatic carbocycles. The molecular formula is C17H24N2O. The minimum absolute atomic E-state index is 0.0846. The van der Waals surface area contributed by atoms with Crippen LogP contribution < -0.4 is 5.32 Å². The van der Waals surface area contributed by atoms with Crippen molar-refractivity contribution in [3.63, 3.8) is 0 Å². The second-order valence-corrected chi connectivity index (χ2v) is 6.45. The van der Waals surface area contributed by atoms with Gasteiger partial charge in [-0.05, 0) is 37.1 Å². The van der Waals surface area contributed by atoms with Crippen LogP contribution in [-0.2, 0) is 12.5 Å². The van der Waals surface area contributed by atoms with Gasteiger partial charge >= 0.3 is 0 Å². The van der Waals surface area contributed by atoms with Gasteiger partial charge in [-0.3, -0.25) is 4.79 Å². The van der Waals surface area contributed by atoms with Gasteiger partial charge in [0.05, 0.1) is 6.54 Å². The maximum atomic E-state index is 12.4. The fraction of sp³-hybridized carbons (Fsp3) is 0.471. The van der Waals surface area contributed by atoms with Crippen LogP contribution in [0.15, 0.2) is 18.2 Å². The molecule has 108 valence electrons. The molecule has 0 bridgehead atoms. The van der Waals surface area contributed by atoms with E-state index in [1.54, 1.807) is 7.05 Å². The highest BCUT2D eigenvalue weighted by molar-refractivity contribution is 6.10. The summed E-state index contributed by atoms with van der Waals surface area (Å²) in [7, 11) is 3.82. The molecule has 0 aliphatic rings.